The van der Waals surface area contributed by atoms with Crippen LogP contribution in [0.3, 0.4) is 0 Å². The molecule has 2 N–H and O–H groups in total. The molecule has 0 radical (unpaired) electrons. The van der Waals surface area contributed by atoms with Crippen molar-refractivity contribution >= 4 is 22.6 Å². The van der Waals surface area contributed by atoms with E-state index in [1.807, 2.05) is 13.0 Å². The van der Waals surface area contributed by atoms with Crippen LogP contribution in [0.1, 0.15) is 16.1 Å². The van der Waals surface area contributed by atoms with Gasteiger partial charge >= 0.3 is 0 Å². The summed E-state index contributed by atoms with van der Waals surface area (Å²) in [6.07, 6.45) is 0. The Kier molecular flexibility index (Phi) is 3.47. The number of nitrogens with one attached hydrogen (secondary N) is 1. The molecule has 0 unspecified atom stereocenters. The molecule has 3 aromatic rings. The standard InChI is InChI=1S/C17H15NO4/c1-10-12-9-11(21-2)7-8-15(12)22-16(10)17(20)18-13-5-3-4-6-14(13)19/h3-9,19H,1-2H3,(H,18,20). The van der Waals surface area contributed by atoms with Crippen LogP contribution in [0.2, 0.25) is 0 Å². The van der Waals surface area contributed by atoms with Crippen LogP contribution in [-0.4, -0.2) is 18.1 Å². The van der Waals surface area contributed by atoms with Gasteiger partial charge < -0.3 is 19.6 Å². The first-order valence-corrected chi connectivity index (χ1v) is 6.76. The zero-order valence-corrected chi connectivity index (χ0v) is 12.2. The molecule has 5 heteroatoms. The van der Waals surface area contributed by atoms with Gasteiger partial charge in [-0.2, -0.15) is 0 Å². The minimum Gasteiger partial charge on any atom is -0.506 e. The van der Waals surface area contributed by atoms with Gasteiger partial charge in [0.2, 0.25) is 0 Å². The van der Waals surface area contributed by atoms with Crippen molar-refractivity contribution in [2.45, 2.75) is 6.92 Å². The fraction of sp³-hybridized carbons (Fsp3) is 0.118. The van der Waals surface area contributed by atoms with E-state index in [0.29, 0.717) is 17.0 Å². The number of benzene rings is 2. The van der Waals surface area contributed by atoms with Crippen molar-refractivity contribution in [3.05, 3.63) is 53.8 Å². The van der Waals surface area contributed by atoms with Crippen LogP contribution in [-0.2, 0) is 0 Å². The van der Waals surface area contributed by atoms with Crippen molar-refractivity contribution in [3.8, 4) is 11.5 Å². The number of methoxy groups -OCH3 is 1. The number of phenols is 1. The maximum absolute atomic E-state index is 12.4. The van der Waals surface area contributed by atoms with Gasteiger partial charge in [-0.05, 0) is 37.3 Å². The summed E-state index contributed by atoms with van der Waals surface area (Å²) in [5.41, 5.74) is 1.67. The first kappa shape index (κ1) is 14.0. The van der Waals surface area contributed by atoms with E-state index in [-0.39, 0.29) is 11.5 Å². The van der Waals surface area contributed by atoms with Crippen molar-refractivity contribution in [2.24, 2.45) is 0 Å². The molecule has 0 bridgehead atoms. The van der Waals surface area contributed by atoms with Crippen molar-refractivity contribution in [1.29, 1.82) is 0 Å². The van der Waals surface area contributed by atoms with Crippen molar-refractivity contribution in [3.63, 3.8) is 0 Å². The molecular weight excluding hydrogens is 282 g/mol. The summed E-state index contributed by atoms with van der Waals surface area (Å²) in [4.78, 5) is 12.4. The number of aryl methyl sites for hydroxylation is 1. The molecule has 0 saturated carbocycles. The van der Waals surface area contributed by atoms with E-state index in [9.17, 15) is 9.90 Å². The van der Waals surface area contributed by atoms with Crippen molar-refractivity contribution < 1.29 is 19.1 Å². The Labute approximate surface area is 127 Å². The fourth-order valence-corrected chi connectivity index (χ4v) is 2.30. The molecule has 22 heavy (non-hydrogen) atoms. The molecule has 1 aromatic heterocycles. The average molecular weight is 297 g/mol. The van der Waals surface area contributed by atoms with Crippen molar-refractivity contribution in [1.82, 2.24) is 0 Å². The Morgan fingerprint density at radius 1 is 1.23 bits per heavy atom. The average Bonchev–Trinajstić information content (AvgIpc) is 2.86. The van der Waals surface area contributed by atoms with Gasteiger partial charge in [-0.1, -0.05) is 12.1 Å². The number of anilines is 1. The van der Waals surface area contributed by atoms with Crippen LogP contribution in [0, 0.1) is 6.92 Å². The number of amides is 1. The van der Waals surface area contributed by atoms with E-state index in [4.69, 9.17) is 9.15 Å². The van der Waals surface area contributed by atoms with Crippen LogP contribution in [0.4, 0.5) is 5.69 Å². The molecule has 0 atom stereocenters. The van der Waals surface area contributed by atoms with Gasteiger partial charge in [0.05, 0.1) is 12.8 Å². The Morgan fingerprint density at radius 3 is 2.73 bits per heavy atom. The third-order valence-corrected chi connectivity index (χ3v) is 3.50. The third kappa shape index (κ3) is 2.37. The molecule has 2 aromatic carbocycles. The van der Waals surface area contributed by atoms with E-state index in [2.05, 4.69) is 5.32 Å². The van der Waals surface area contributed by atoms with Crippen LogP contribution >= 0.6 is 0 Å². The number of carbonyl (C=O) groups excluding carboxylic acids is 1. The topological polar surface area (TPSA) is 71.7 Å². The van der Waals surface area contributed by atoms with E-state index in [0.717, 1.165) is 10.9 Å². The maximum Gasteiger partial charge on any atom is 0.291 e. The van der Waals surface area contributed by atoms with E-state index < -0.39 is 5.91 Å². The third-order valence-electron chi connectivity index (χ3n) is 3.50. The van der Waals surface area contributed by atoms with E-state index in [1.54, 1.807) is 37.4 Å². The van der Waals surface area contributed by atoms with Gasteiger partial charge in [-0.15, -0.1) is 0 Å². The smallest absolute Gasteiger partial charge is 0.291 e. The maximum atomic E-state index is 12.4. The van der Waals surface area contributed by atoms with Gasteiger partial charge in [-0.3, -0.25) is 4.79 Å². The quantitative estimate of drug-likeness (QED) is 0.723. The Balaban J connectivity index is 1.97. The summed E-state index contributed by atoms with van der Waals surface area (Å²) in [5, 5.41) is 13.2. The lowest BCUT2D eigenvalue weighted by Gasteiger charge is -2.05. The molecule has 0 aliphatic carbocycles. The molecule has 0 aliphatic rings. The number of hydrogen-bond donors (Lipinski definition) is 2. The number of para-hydroxylation sites is 2. The molecule has 1 heterocycles. The first-order chi connectivity index (χ1) is 10.6. The fourth-order valence-electron chi connectivity index (χ4n) is 2.30. The highest BCUT2D eigenvalue weighted by Gasteiger charge is 2.19. The molecule has 5 nitrogen and oxygen atoms in total. The number of furan rings is 1. The van der Waals surface area contributed by atoms with Gasteiger partial charge in [0, 0.05) is 10.9 Å². The number of fused-ring (bicyclic) bond motifs is 1. The molecule has 3 rings (SSSR count). The predicted octanol–water partition coefficient (Wildman–Crippen LogP) is 3.71. The molecule has 0 spiro atoms. The summed E-state index contributed by atoms with van der Waals surface area (Å²) >= 11 is 0. The van der Waals surface area contributed by atoms with Gasteiger partial charge in [0.1, 0.15) is 17.1 Å². The van der Waals surface area contributed by atoms with Crippen LogP contribution in [0.15, 0.2) is 46.9 Å². The number of hydrogen-bond acceptors (Lipinski definition) is 4. The van der Waals surface area contributed by atoms with E-state index in [1.165, 1.54) is 6.07 Å². The molecule has 0 fully saturated rings. The highest BCUT2D eigenvalue weighted by atomic mass is 16.5. The predicted molar refractivity (Wildman–Crippen MR) is 83.6 cm³/mol. The lowest BCUT2D eigenvalue weighted by molar-refractivity contribution is 0.0997. The second-order valence-corrected chi connectivity index (χ2v) is 4.89. The molecular formula is C17H15NO4. The van der Waals surface area contributed by atoms with Crippen LogP contribution in [0.5, 0.6) is 11.5 Å². The summed E-state index contributed by atoms with van der Waals surface area (Å²) in [7, 11) is 1.59. The van der Waals surface area contributed by atoms with Crippen LogP contribution in [0.25, 0.3) is 11.0 Å². The van der Waals surface area contributed by atoms with E-state index >= 15 is 0 Å². The van der Waals surface area contributed by atoms with Crippen molar-refractivity contribution in [2.75, 3.05) is 12.4 Å². The summed E-state index contributed by atoms with van der Waals surface area (Å²) in [5.74, 6) is 0.510. The highest BCUT2D eigenvalue weighted by molar-refractivity contribution is 6.07. The Hall–Kier alpha value is -2.95. The Morgan fingerprint density at radius 2 is 2.00 bits per heavy atom. The second-order valence-electron chi connectivity index (χ2n) is 4.89. The number of ether oxygens (including phenoxy) is 1. The summed E-state index contributed by atoms with van der Waals surface area (Å²) in [6, 6.07) is 11.9. The molecule has 1 amide bonds. The first-order valence-electron chi connectivity index (χ1n) is 6.76. The lowest BCUT2D eigenvalue weighted by Crippen LogP contribution is -2.12. The summed E-state index contributed by atoms with van der Waals surface area (Å²) < 4.78 is 10.8. The monoisotopic (exact) mass is 297 g/mol. The molecule has 0 aliphatic heterocycles. The largest absolute Gasteiger partial charge is 0.506 e. The number of aromatic hydroxyl groups is 1. The minimum atomic E-state index is -0.408. The van der Waals surface area contributed by atoms with Gasteiger partial charge in [0.15, 0.2) is 5.76 Å². The summed E-state index contributed by atoms with van der Waals surface area (Å²) in [6.45, 7) is 1.81. The zero-order valence-electron chi connectivity index (χ0n) is 12.2. The zero-order chi connectivity index (χ0) is 15.7. The minimum absolute atomic E-state index is 0.00582. The number of phenolic OH excluding ortho intramolecular Hbond substituents is 1. The molecule has 112 valence electrons. The SMILES string of the molecule is COc1ccc2oc(C(=O)Nc3ccccc3O)c(C)c2c1. The van der Waals surface area contributed by atoms with Gasteiger partial charge in [-0.25, -0.2) is 0 Å². The van der Waals surface area contributed by atoms with Gasteiger partial charge in [0.25, 0.3) is 5.91 Å². The number of rotatable bonds is 3. The number of carbonyl (C=O) groups is 1. The second kappa shape index (κ2) is 5.44. The highest BCUT2D eigenvalue weighted by Crippen LogP contribution is 2.30. The molecule has 0 saturated heterocycles. The van der Waals surface area contributed by atoms with Crippen LogP contribution < -0.4 is 10.1 Å². The normalized spacial score (nSPS) is 10.6. The lowest BCUT2D eigenvalue weighted by atomic mass is 10.1. The Bertz CT molecular complexity index is 851.